The highest BCUT2D eigenvalue weighted by molar-refractivity contribution is 7.90. The smallest absolute Gasteiger partial charge is 0.459 e. The molecule has 0 N–H and O–H groups in total. The molecule has 0 aliphatic rings. The molecule has 0 spiro atoms. The first kappa shape index (κ1) is 27.2. The summed E-state index contributed by atoms with van der Waals surface area (Å²) in [5.41, 5.74) is -2.32. The average molecular weight is 555 g/mol. The third kappa shape index (κ3) is 5.13. The highest BCUT2D eigenvalue weighted by atomic mass is 32.2. The molecule has 0 fully saturated rings. The van der Waals surface area contributed by atoms with Gasteiger partial charge in [-0.1, -0.05) is 48.5 Å². The Bertz CT molecular complexity index is 1570. The summed E-state index contributed by atoms with van der Waals surface area (Å²) in [4.78, 5) is -0.0946. The minimum Gasteiger partial charge on any atom is -0.494 e. The number of benzene rings is 3. The molecule has 0 saturated carbocycles. The molecule has 0 aliphatic carbocycles. The standard InChI is InChI=1S/C26H20F6N2O3S/c1-37-21-13-10-18(14-20(21)27)22-23(17-8-11-19(12-9-17)38(2,35)36)33-34(15-16-6-4-3-5-7-16)24(22)25(28,29)26(30,31)32/h3-14H,15H2,1-2H3. The van der Waals surface area contributed by atoms with Crippen molar-refractivity contribution in [1.82, 2.24) is 9.78 Å². The fourth-order valence-electron chi connectivity index (χ4n) is 3.94. The largest absolute Gasteiger partial charge is 0.494 e. The van der Waals surface area contributed by atoms with E-state index in [1.54, 1.807) is 18.2 Å². The van der Waals surface area contributed by atoms with Crippen LogP contribution < -0.4 is 4.74 Å². The number of hydrogen-bond donors (Lipinski definition) is 0. The van der Waals surface area contributed by atoms with E-state index in [4.69, 9.17) is 4.74 Å². The summed E-state index contributed by atoms with van der Waals surface area (Å²) in [5, 5.41) is 4.13. The molecule has 0 aliphatic heterocycles. The second kappa shape index (κ2) is 9.82. The quantitative estimate of drug-likeness (QED) is 0.246. The van der Waals surface area contributed by atoms with Crippen LogP contribution in [0.1, 0.15) is 11.3 Å². The second-order valence-electron chi connectivity index (χ2n) is 8.43. The topological polar surface area (TPSA) is 61.2 Å². The van der Waals surface area contributed by atoms with Gasteiger partial charge in [-0.2, -0.15) is 27.1 Å². The van der Waals surface area contributed by atoms with E-state index in [0.717, 1.165) is 24.5 Å². The van der Waals surface area contributed by atoms with Crippen molar-refractivity contribution in [2.45, 2.75) is 23.5 Å². The molecule has 3 aromatic carbocycles. The van der Waals surface area contributed by atoms with Crippen molar-refractivity contribution in [2.75, 3.05) is 13.4 Å². The fourth-order valence-corrected chi connectivity index (χ4v) is 4.57. The number of halogens is 6. The molecule has 4 rings (SSSR count). The van der Waals surface area contributed by atoms with Crippen molar-refractivity contribution in [1.29, 1.82) is 0 Å². The molecular weight excluding hydrogens is 534 g/mol. The Balaban J connectivity index is 2.07. The highest BCUT2D eigenvalue weighted by Crippen LogP contribution is 2.50. The van der Waals surface area contributed by atoms with Gasteiger partial charge in [0.2, 0.25) is 0 Å². The molecule has 200 valence electrons. The number of sulfone groups is 1. The first-order valence-corrected chi connectivity index (χ1v) is 12.9. The maximum absolute atomic E-state index is 15.2. The van der Waals surface area contributed by atoms with Gasteiger partial charge in [-0.15, -0.1) is 0 Å². The molecule has 0 saturated heterocycles. The summed E-state index contributed by atoms with van der Waals surface area (Å²) >= 11 is 0. The zero-order valence-electron chi connectivity index (χ0n) is 19.9. The Hall–Kier alpha value is -3.80. The number of aromatic nitrogens is 2. The van der Waals surface area contributed by atoms with E-state index in [1.807, 2.05) is 0 Å². The molecule has 0 atom stereocenters. The van der Waals surface area contributed by atoms with E-state index in [9.17, 15) is 26.0 Å². The van der Waals surface area contributed by atoms with Gasteiger partial charge < -0.3 is 4.74 Å². The van der Waals surface area contributed by atoms with Gasteiger partial charge in [0.25, 0.3) is 0 Å². The van der Waals surface area contributed by atoms with Crippen LogP contribution in [-0.2, 0) is 22.3 Å². The molecule has 5 nitrogen and oxygen atoms in total. The van der Waals surface area contributed by atoms with E-state index >= 15 is 8.78 Å². The minimum absolute atomic E-state index is 0.0506. The second-order valence-corrected chi connectivity index (χ2v) is 10.4. The molecule has 1 heterocycles. The maximum atomic E-state index is 15.2. The van der Waals surface area contributed by atoms with E-state index in [-0.39, 0.29) is 27.5 Å². The van der Waals surface area contributed by atoms with Crippen LogP contribution in [0.25, 0.3) is 22.4 Å². The van der Waals surface area contributed by atoms with Crippen LogP contribution >= 0.6 is 0 Å². The van der Waals surface area contributed by atoms with Crippen LogP contribution in [0.3, 0.4) is 0 Å². The first-order valence-electron chi connectivity index (χ1n) is 11.0. The van der Waals surface area contributed by atoms with Gasteiger partial charge in [-0.3, -0.25) is 4.68 Å². The summed E-state index contributed by atoms with van der Waals surface area (Å²) in [7, 11) is -2.45. The zero-order valence-corrected chi connectivity index (χ0v) is 20.7. The molecule has 4 aromatic rings. The van der Waals surface area contributed by atoms with Crippen LogP contribution in [0.5, 0.6) is 5.75 Å². The van der Waals surface area contributed by atoms with Crippen LogP contribution in [0.4, 0.5) is 26.3 Å². The van der Waals surface area contributed by atoms with Crippen LogP contribution in [0.2, 0.25) is 0 Å². The van der Waals surface area contributed by atoms with Crippen LogP contribution in [-0.4, -0.2) is 37.7 Å². The fraction of sp³-hybridized carbons (Fsp3) is 0.192. The van der Waals surface area contributed by atoms with Crippen molar-refractivity contribution in [3.8, 4) is 28.1 Å². The van der Waals surface area contributed by atoms with E-state index in [0.29, 0.717) is 10.2 Å². The summed E-state index contributed by atoms with van der Waals surface area (Å²) in [6.45, 7) is -0.450. The lowest BCUT2D eigenvalue weighted by Crippen LogP contribution is -2.36. The van der Waals surface area contributed by atoms with Crippen LogP contribution in [0.15, 0.2) is 77.7 Å². The molecule has 12 heteroatoms. The van der Waals surface area contributed by atoms with Gasteiger partial charge in [0.05, 0.1) is 18.6 Å². The number of alkyl halides is 5. The van der Waals surface area contributed by atoms with Gasteiger partial charge in [0.15, 0.2) is 21.4 Å². The highest BCUT2D eigenvalue weighted by Gasteiger charge is 2.62. The van der Waals surface area contributed by atoms with Gasteiger partial charge in [-0.05, 0) is 35.4 Å². The van der Waals surface area contributed by atoms with Crippen molar-refractivity contribution < 1.29 is 39.5 Å². The Morgan fingerprint density at radius 3 is 2.03 bits per heavy atom. The summed E-state index contributed by atoms with van der Waals surface area (Å²) in [5.74, 6) is -6.61. The number of methoxy groups -OCH3 is 1. The normalized spacial score (nSPS) is 12.5. The summed E-state index contributed by atoms with van der Waals surface area (Å²) in [6, 6.07) is 15.8. The zero-order chi connectivity index (χ0) is 27.9. The Morgan fingerprint density at radius 2 is 1.50 bits per heavy atom. The molecule has 1 aromatic heterocycles. The maximum Gasteiger partial charge on any atom is 0.459 e. The molecule has 0 radical (unpaired) electrons. The van der Waals surface area contributed by atoms with Gasteiger partial charge in [0.1, 0.15) is 11.4 Å². The SMILES string of the molecule is COc1ccc(-c2c(-c3ccc(S(C)(=O)=O)cc3)nn(Cc3ccccc3)c2C(F)(F)C(F)(F)F)cc1F. The molecule has 0 unspecified atom stereocenters. The van der Waals surface area contributed by atoms with Gasteiger partial charge in [-0.25, -0.2) is 12.8 Å². The average Bonchev–Trinajstić information content (AvgIpc) is 3.23. The molecular formula is C26H20F6N2O3S. The third-order valence-corrected chi connectivity index (χ3v) is 6.91. The van der Waals surface area contributed by atoms with Crippen LogP contribution in [0, 0.1) is 5.82 Å². The number of ether oxygens (including phenoxy) is 1. The lowest BCUT2D eigenvalue weighted by atomic mass is 9.96. The van der Waals surface area contributed by atoms with Gasteiger partial charge in [0, 0.05) is 17.4 Å². The third-order valence-electron chi connectivity index (χ3n) is 5.78. The predicted octanol–water partition coefficient (Wildman–Crippen LogP) is 6.47. The molecule has 38 heavy (non-hydrogen) atoms. The van der Waals surface area contributed by atoms with Crippen molar-refractivity contribution in [3.63, 3.8) is 0 Å². The lowest BCUT2D eigenvalue weighted by Gasteiger charge is -2.22. The van der Waals surface area contributed by atoms with E-state index in [2.05, 4.69) is 5.10 Å². The van der Waals surface area contributed by atoms with E-state index in [1.165, 1.54) is 43.5 Å². The summed E-state index contributed by atoms with van der Waals surface area (Å²) < 4.78 is 115. The van der Waals surface area contributed by atoms with E-state index < -0.39 is 45.6 Å². The number of nitrogens with zero attached hydrogens (tertiary/aromatic N) is 2. The first-order chi connectivity index (χ1) is 17.7. The number of rotatable bonds is 7. The Morgan fingerprint density at radius 1 is 0.895 bits per heavy atom. The van der Waals surface area contributed by atoms with Gasteiger partial charge >= 0.3 is 12.1 Å². The van der Waals surface area contributed by atoms with Crippen molar-refractivity contribution >= 4 is 9.84 Å². The van der Waals surface area contributed by atoms with Crippen molar-refractivity contribution in [3.05, 3.63) is 89.9 Å². The predicted molar refractivity (Wildman–Crippen MR) is 128 cm³/mol. The minimum atomic E-state index is -6.00. The Labute approximate surface area is 214 Å². The summed E-state index contributed by atoms with van der Waals surface area (Å²) in [6.07, 6.45) is -5.04. The molecule has 0 bridgehead atoms. The monoisotopic (exact) mass is 554 g/mol. The number of hydrogen-bond acceptors (Lipinski definition) is 4. The lowest BCUT2D eigenvalue weighted by molar-refractivity contribution is -0.291. The van der Waals surface area contributed by atoms with Crippen molar-refractivity contribution in [2.24, 2.45) is 0 Å². The Kier molecular flexibility index (Phi) is 7.04. The molecule has 0 amide bonds.